The fourth-order valence-electron chi connectivity index (χ4n) is 4.14. The van der Waals surface area contributed by atoms with Gasteiger partial charge >= 0.3 is 0 Å². The summed E-state index contributed by atoms with van der Waals surface area (Å²) in [6, 6.07) is 8.32. The summed E-state index contributed by atoms with van der Waals surface area (Å²) in [5, 5.41) is 16.2. The second-order valence-corrected chi connectivity index (χ2v) is 8.35. The van der Waals surface area contributed by atoms with Crippen molar-refractivity contribution in [3.63, 3.8) is 0 Å². The van der Waals surface area contributed by atoms with Crippen LogP contribution < -0.4 is 15.4 Å². The first-order chi connectivity index (χ1) is 14.2. The van der Waals surface area contributed by atoms with Crippen LogP contribution >= 0.6 is 24.0 Å². The van der Waals surface area contributed by atoms with Crippen molar-refractivity contribution in [3.8, 4) is 5.75 Å². The smallest absolute Gasteiger partial charge is 0.191 e. The van der Waals surface area contributed by atoms with Crippen molar-refractivity contribution in [1.29, 1.82) is 0 Å². The zero-order valence-corrected chi connectivity index (χ0v) is 20.5. The number of guanidine groups is 1. The molecule has 170 valence electrons. The van der Waals surface area contributed by atoms with Gasteiger partial charge in [0, 0.05) is 31.7 Å². The Kier molecular flexibility index (Phi) is 11.2. The van der Waals surface area contributed by atoms with Gasteiger partial charge in [-0.15, -0.1) is 24.0 Å². The fraction of sp³-hybridized carbons (Fsp3) is 0.696. The maximum atomic E-state index is 9.40. The second kappa shape index (κ2) is 13.4. The molecule has 1 saturated heterocycles. The summed E-state index contributed by atoms with van der Waals surface area (Å²) < 4.78 is 11.7. The van der Waals surface area contributed by atoms with E-state index in [1.165, 1.54) is 32.1 Å². The van der Waals surface area contributed by atoms with Crippen molar-refractivity contribution < 1.29 is 14.6 Å². The molecule has 3 N–H and O–H groups in total. The maximum absolute atomic E-state index is 9.40. The lowest BCUT2D eigenvalue weighted by Gasteiger charge is -2.27. The number of nitrogens with zero attached hydrogens (tertiary/aromatic N) is 1. The Bertz CT molecular complexity index is 627. The van der Waals surface area contributed by atoms with Crippen LogP contribution in [-0.2, 0) is 11.3 Å². The summed E-state index contributed by atoms with van der Waals surface area (Å²) in [4.78, 5) is 4.73. The molecule has 6 nitrogen and oxygen atoms in total. The van der Waals surface area contributed by atoms with E-state index >= 15 is 0 Å². The number of hydrogen-bond acceptors (Lipinski definition) is 4. The van der Waals surface area contributed by atoms with E-state index in [1.807, 2.05) is 0 Å². The number of aliphatic imine (C=N–C) groups is 1. The van der Waals surface area contributed by atoms with Gasteiger partial charge in [-0.2, -0.15) is 0 Å². The molecule has 0 bridgehead atoms. The summed E-state index contributed by atoms with van der Waals surface area (Å²) in [7, 11) is 0. The Balaban J connectivity index is 0.00000320. The minimum atomic E-state index is 0. The van der Waals surface area contributed by atoms with E-state index in [-0.39, 0.29) is 36.0 Å². The molecule has 1 aromatic carbocycles. The summed E-state index contributed by atoms with van der Waals surface area (Å²) >= 11 is 0. The minimum absolute atomic E-state index is 0. The first-order valence-electron chi connectivity index (χ1n) is 11.2. The second-order valence-electron chi connectivity index (χ2n) is 8.35. The average molecular weight is 531 g/mol. The van der Waals surface area contributed by atoms with Crippen LogP contribution in [0.5, 0.6) is 5.75 Å². The molecule has 7 heteroatoms. The van der Waals surface area contributed by atoms with Gasteiger partial charge < -0.3 is 25.2 Å². The molecule has 0 aromatic heterocycles. The molecule has 1 atom stereocenters. The molecule has 0 radical (unpaired) electrons. The Labute approximate surface area is 198 Å². The molecule has 2 fully saturated rings. The summed E-state index contributed by atoms with van der Waals surface area (Å²) in [6.07, 6.45) is 8.35. The zero-order valence-electron chi connectivity index (χ0n) is 18.2. The fourth-order valence-corrected chi connectivity index (χ4v) is 4.14. The molecule has 2 aliphatic rings. The number of nitrogens with one attached hydrogen (secondary N) is 2. The number of aliphatic hydroxyl groups is 1. The highest BCUT2D eigenvalue weighted by Crippen LogP contribution is 2.31. The van der Waals surface area contributed by atoms with Crippen LogP contribution in [0.1, 0.15) is 57.4 Å². The highest BCUT2D eigenvalue weighted by molar-refractivity contribution is 14.0. The van der Waals surface area contributed by atoms with Crippen LogP contribution in [0, 0.1) is 5.41 Å². The van der Waals surface area contributed by atoms with Crippen LogP contribution in [0.4, 0.5) is 0 Å². The molecule has 1 aliphatic carbocycles. The van der Waals surface area contributed by atoms with Crippen molar-refractivity contribution >= 4 is 29.9 Å². The predicted octanol–water partition coefficient (Wildman–Crippen LogP) is 3.86. The number of rotatable bonds is 9. The summed E-state index contributed by atoms with van der Waals surface area (Å²) in [6.45, 7) is 5.90. The number of benzene rings is 1. The third kappa shape index (κ3) is 7.89. The highest BCUT2D eigenvalue weighted by atomic mass is 127. The standard InChI is InChI=1S/C23H37N3O3.HI/c1-2-24-22(26-17-23(12-14-27)13-15-28-18-23)25-16-19-8-10-21(11-9-19)29-20-6-4-3-5-7-20;/h8-11,20,27H,2-7,12-18H2,1H3,(H2,24,25,26);1H. The van der Waals surface area contributed by atoms with E-state index in [2.05, 4.69) is 41.8 Å². The first kappa shape index (κ1) is 25.2. The molecule has 1 aliphatic heterocycles. The van der Waals surface area contributed by atoms with Crippen LogP contribution in [0.15, 0.2) is 29.3 Å². The molecule has 1 aromatic rings. The van der Waals surface area contributed by atoms with E-state index in [0.717, 1.165) is 49.8 Å². The number of hydrogen-bond donors (Lipinski definition) is 3. The summed E-state index contributed by atoms with van der Waals surface area (Å²) in [5.74, 6) is 1.76. The normalized spacial score (nSPS) is 22.4. The number of aliphatic hydroxyl groups excluding tert-OH is 1. The Morgan fingerprint density at radius 1 is 1.20 bits per heavy atom. The van der Waals surface area contributed by atoms with E-state index in [0.29, 0.717) is 19.3 Å². The quantitative estimate of drug-likeness (QED) is 0.257. The Hall–Kier alpha value is -1.06. The molecular weight excluding hydrogens is 493 g/mol. The van der Waals surface area contributed by atoms with Gasteiger partial charge in [-0.3, -0.25) is 0 Å². The molecule has 0 amide bonds. The first-order valence-corrected chi connectivity index (χ1v) is 11.2. The van der Waals surface area contributed by atoms with Gasteiger partial charge in [-0.05, 0) is 63.1 Å². The van der Waals surface area contributed by atoms with Gasteiger partial charge in [-0.25, -0.2) is 4.99 Å². The van der Waals surface area contributed by atoms with Crippen molar-refractivity contribution in [2.45, 2.75) is 64.5 Å². The van der Waals surface area contributed by atoms with Gasteiger partial charge in [0.25, 0.3) is 0 Å². The number of halogens is 1. The third-order valence-electron chi connectivity index (χ3n) is 6.00. The van der Waals surface area contributed by atoms with Gasteiger partial charge in [0.05, 0.1) is 19.3 Å². The van der Waals surface area contributed by atoms with Crippen LogP contribution in [0.3, 0.4) is 0 Å². The summed E-state index contributed by atoms with van der Waals surface area (Å²) in [5.41, 5.74) is 1.16. The van der Waals surface area contributed by atoms with Gasteiger partial charge in [0.1, 0.15) is 5.75 Å². The Morgan fingerprint density at radius 2 is 1.97 bits per heavy atom. The van der Waals surface area contributed by atoms with Gasteiger partial charge in [-0.1, -0.05) is 18.6 Å². The predicted molar refractivity (Wildman–Crippen MR) is 132 cm³/mol. The van der Waals surface area contributed by atoms with E-state index in [4.69, 9.17) is 14.5 Å². The molecule has 0 spiro atoms. The molecule has 30 heavy (non-hydrogen) atoms. The SMILES string of the molecule is CCNC(=NCc1ccc(OC2CCCCC2)cc1)NCC1(CCO)CCOC1.I. The van der Waals surface area contributed by atoms with E-state index in [9.17, 15) is 5.11 Å². The van der Waals surface area contributed by atoms with Crippen molar-refractivity contribution in [2.24, 2.45) is 10.4 Å². The lowest BCUT2D eigenvalue weighted by molar-refractivity contribution is 0.127. The van der Waals surface area contributed by atoms with Crippen LogP contribution in [0.25, 0.3) is 0 Å². The van der Waals surface area contributed by atoms with Gasteiger partial charge in [0.15, 0.2) is 5.96 Å². The minimum Gasteiger partial charge on any atom is -0.490 e. The lowest BCUT2D eigenvalue weighted by Crippen LogP contribution is -2.44. The topological polar surface area (TPSA) is 75.1 Å². The molecule has 1 heterocycles. The third-order valence-corrected chi connectivity index (χ3v) is 6.00. The van der Waals surface area contributed by atoms with E-state index in [1.54, 1.807) is 0 Å². The van der Waals surface area contributed by atoms with Crippen molar-refractivity contribution in [1.82, 2.24) is 10.6 Å². The molecular formula is C23H38IN3O3. The molecule has 1 unspecified atom stereocenters. The Morgan fingerprint density at radius 3 is 2.60 bits per heavy atom. The maximum Gasteiger partial charge on any atom is 0.191 e. The molecule has 1 saturated carbocycles. The lowest BCUT2D eigenvalue weighted by atomic mass is 9.84. The highest BCUT2D eigenvalue weighted by Gasteiger charge is 2.34. The zero-order chi connectivity index (χ0) is 20.4. The van der Waals surface area contributed by atoms with E-state index < -0.39 is 0 Å². The van der Waals surface area contributed by atoms with Crippen LogP contribution in [-0.4, -0.2) is 50.1 Å². The monoisotopic (exact) mass is 531 g/mol. The molecule has 3 rings (SSSR count). The van der Waals surface area contributed by atoms with Crippen molar-refractivity contribution in [2.75, 3.05) is 32.9 Å². The van der Waals surface area contributed by atoms with Gasteiger partial charge in [0.2, 0.25) is 0 Å². The van der Waals surface area contributed by atoms with Crippen molar-refractivity contribution in [3.05, 3.63) is 29.8 Å². The average Bonchev–Trinajstić information content (AvgIpc) is 3.21. The number of ether oxygens (including phenoxy) is 2. The largest absolute Gasteiger partial charge is 0.490 e. The van der Waals surface area contributed by atoms with Crippen LogP contribution in [0.2, 0.25) is 0 Å².